The molecule has 1 heterocycles. The molecule has 0 fully saturated rings. The molecule has 0 aromatic rings. The van der Waals surface area contributed by atoms with Gasteiger partial charge in [-0.25, -0.2) is 4.79 Å². The lowest BCUT2D eigenvalue weighted by atomic mass is 10.0. The Morgan fingerprint density at radius 1 is 1.38 bits per heavy atom. The summed E-state index contributed by atoms with van der Waals surface area (Å²) < 4.78 is 5.43. The van der Waals surface area contributed by atoms with Crippen molar-refractivity contribution in [1.82, 2.24) is 5.32 Å². The van der Waals surface area contributed by atoms with E-state index in [-0.39, 0.29) is 12.0 Å². The van der Waals surface area contributed by atoms with Crippen LogP contribution in [0, 0.1) is 5.92 Å². The van der Waals surface area contributed by atoms with E-state index in [0.717, 1.165) is 19.4 Å². The molecule has 1 N–H and O–H groups in total. The highest BCUT2D eigenvalue weighted by Crippen LogP contribution is 2.36. The van der Waals surface area contributed by atoms with E-state index in [2.05, 4.69) is 12.2 Å². The summed E-state index contributed by atoms with van der Waals surface area (Å²) in [5, 5.41) is 3.25. The summed E-state index contributed by atoms with van der Waals surface area (Å²) in [5.74, 6) is 0.573. The molecular weight excluding hydrogens is 202 g/mol. The fraction of sp³-hybridized carbons (Fsp3) is 0.769. The largest absolute Gasteiger partial charge is 0.459 e. The van der Waals surface area contributed by atoms with Crippen molar-refractivity contribution >= 4 is 5.97 Å². The number of carbonyl (C=O) groups is 1. The second-order valence-corrected chi connectivity index (χ2v) is 5.99. The van der Waals surface area contributed by atoms with Crippen LogP contribution >= 0.6 is 0 Å². The molecule has 2 unspecified atom stereocenters. The molecule has 2 rings (SSSR count). The lowest BCUT2D eigenvalue weighted by molar-refractivity contribution is -0.156. The minimum atomic E-state index is -0.397. The van der Waals surface area contributed by atoms with Crippen LogP contribution in [0.5, 0.6) is 0 Å². The minimum Gasteiger partial charge on any atom is -0.459 e. The van der Waals surface area contributed by atoms with Gasteiger partial charge in [-0.1, -0.05) is 12.5 Å². The molecule has 0 saturated carbocycles. The molecule has 1 aliphatic heterocycles. The van der Waals surface area contributed by atoms with Gasteiger partial charge in [0.15, 0.2) is 0 Å². The molecule has 0 amide bonds. The fourth-order valence-electron chi connectivity index (χ4n) is 2.59. The van der Waals surface area contributed by atoms with Crippen LogP contribution in [0.1, 0.15) is 40.5 Å². The lowest BCUT2D eigenvalue weighted by Gasteiger charge is -2.23. The van der Waals surface area contributed by atoms with Gasteiger partial charge in [-0.2, -0.15) is 0 Å². The first kappa shape index (κ1) is 11.6. The van der Waals surface area contributed by atoms with Gasteiger partial charge < -0.3 is 4.74 Å². The molecule has 2 aliphatic rings. The lowest BCUT2D eigenvalue weighted by Crippen LogP contribution is -2.39. The Hall–Kier alpha value is -0.830. The Bertz CT molecular complexity index is 338. The second kappa shape index (κ2) is 3.88. The first-order valence-electron chi connectivity index (χ1n) is 6.04. The Labute approximate surface area is 97.2 Å². The summed E-state index contributed by atoms with van der Waals surface area (Å²) in [4.78, 5) is 12.0. The van der Waals surface area contributed by atoms with Crippen molar-refractivity contribution in [2.24, 2.45) is 5.92 Å². The summed E-state index contributed by atoms with van der Waals surface area (Å²) in [7, 11) is 0. The number of carbonyl (C=O) groups excluding carboxylic acids is 1. The Kier molecular flexibility index (Phi) is 2.82. The predicted octanol–water partition coefficient (Wildman–Crippen LogP) is 2.03. The van der Waals surface area contributed by atoms with Gasteiger partial charge in [-0.3, -0.25) is 5.32 Å². The van der Waals surface area contributed by atoms with Gasteiger partial charge in [0.2, 0.25) is 0 Å². The van der Waals surface area contributed by atoms with Crippen molar-refractivity contribution < 1.29 is 9.53 Å². The summed E-state index contributed by atoms with van der Waals surface area (Å²) in [5.41, 5.74) is 2.33. The fourth-order valence-corrected chi connectivity index (χ4v) is 2.59. The van der Waals surface area contributed by atoms with E-state index in [1.807, 2.05) is 20.8 Å². The highest BCUT2D eigenvalue weighted by atomic mass is 16.6. The summed E-state index contributed by atoms with van der Waals surface area (Å²) in [6, 6.07) is -0.181. The predicted molar refractivity (Wildman–Crippen MR) is 63.1 cm³/mol. The number of rotatable bonds is 1. The molecule has 0 bridgehead atoms. The van der Waals surface area contributed by atoms with Gasteiger partial charge in [-0.15, -0.1) is 0 Å². The number of esters is 1. The van der Waals surface area contributed by atoms with Crippen LogP contribution in [-0.4, -0.2) is 24.2 Å². The first-order valence-corrected chi connectivity index (χ1v) is 6.04. The zero-order valence-electron chi connectivity index (χ0n) is 10.6. The maximum absolute atomic E-state index is 12.0. The normalized spacial score (nSPS) is 29.5. The molecule has 0 aromatic heterocycles. The minimum absolute atomic E-state index is 0.119. The van der Waals surface area contributed by atoms with E-state index < -0.39 is 5.60 Å². The first-order chi connectivity index (χ1) is 7.37. The molecule has 90 valence electrons. The Morgan fingerprint density at radius 3 is 2.69 bits per heavy atom. The van der Waals surface area contributed by atoms with Crippen molar-refractivity contribution in [3.63, 3.8) is 0 Å². The number of ether oxygens (including phenoxy) is 1. The van der Waals surface area contributed by atoms with Crippen molar-refractivity contribution in [3.8, 4) is 0 Å². The van der Waals surface area contributed by atoms with Crippen LogP contribution in [-0.2, 0) is 9.53 Å². The van der Waals surface area contributed by atoms with Crippen molar-refractivity contribution in [3.05, 3.63) is 11.1 Å². The molecule has 0 radical (unpaired) electrons. The van der Waals surface area contributed by atoms with Gasteiger partial charge in [-0.05, 0) is 45.1 Å². The maximum Gasteiger partial charge on any atom is 0.327 e. The molecule has 0 saturated heterocycles. The zero-order valence-corrected chi connectivity index (χ0v) is 10.6. The van der Waals surface area contributed by atoms with Gasteiger partial charge in [0.05, 0.1) is 0 Å². The Balaban J connectivity index is 2.04. The number of hydrogen-bond donors (Lipinski definition) is 1. The van der Waals surface area contributed by atoms with Crippen LogP contribution in [0.3, 0.4) is 0 Å². The highest BCUT2D eigenvalue weighted by Gasteiger charge is 2.37. The Morgan fingerprint density at radius 2 is 2.06 bits per heavy atom. The average Bonchev–Trinajstić information content (AvgIpc) is 2.58. The molecular formula is C13H21NO2. The molecule has 0 aromatic carbocycles. The van der Waals surface area contributed by atoms with Crippen LogP contribution in [0.2, 0.25) is 0 Å². The third-order valence-electron chi connectivity index (χ3n) is 3.13. The van der Waals surface area contributed by atoms with E-state index in [0.29, 0.717) is 5.92 Å². The summed E-state index contributed by atoms with van der Waals surface area (Å²) >= 11 is 0. The third kappa shape index (κ3) is 2.29. The topological polar surface area (TPSA) is 38.3 Å². The van der Waals surface area contributed by atoms with E-state index >= 15 is 0 Å². The smallest absolute Gasteiger partial charge is 0.327 e. The molecule has 1 aliphatic carbocycles. The van der Waals surface area contributed by atoms with Gasteiger partial charge in [0.1, 0.15) is 11.6 Å². The average molecular weight is 223 g/mol. The quantitative estimate of drug-likeness (QED) is 0.546. The van der Waals surface area contributed by atoms with Crippen molar-refractivity contribution in [2.75, 3.05) is 6.54 Å². The van der Waals surface area contributed by atoms with Crippen LogP contribution in [0.25, 0.3) is 0 Å². The van der Waals surface area contributed by atoms with E-state index in [1.165, 1.54) is 11.1 Å². The van der Waals surface area contributed by atoms with E-state index in [1.54, 1.807) is 0 Å². The van der Waals surface area contributed by atoms with Gasteiger partial charge in [0, 0.05) is 6.54 Å². The molecule has 3 heteroatoms. The zero-order chi connectivity index (χ0) is 11.9. The molecule has 16 heavy (non-hydrogen) atoms. The number of hydrogen-bond acceptors (Lipinski definition) is 3. The van der Waals surface area contributed by atoms with Crippen molar-refractivity contribution in [1.29, 1.82) is 0 Å². The molecule has 2 atom stereocenters. The van der Waals surface area contributed by atoms with Crippen LogP contribution in [0.4, 0.5) is 0 Å². The SMILES string of the molecule is CC1CC2=C(C1)C(C(=O)OC(C)(C)C)NC2. The molecule has 0 spiro atoms. The van der Waals surface area contributed by atoms with Crippen molar-refractivity contribution in [2.45, 2.75) is 52.2 Å². The van der Waals surface area contributed by atoms with E-state index in [4.69, 9.17) is 4.74 Å². The number of nitrogens with one attached hydrogen (secondary N) is 1. The standard InChI is InChI=1S/C13H21NO2/c1-8-5-9-7-14-11(10(9)6-8)12(15)16-13(2,3)4/h8,11,14H,5-7H2,1-4H3. The monoisotopic (exact) mass is 223 g/mol. The van der Waals surface area contributed by atoms with Crippen LogP contribution < -0.4 is 5.32 Å². The van der Waals surface area contributed by atoms with Crippen LogP contribution in [0.15, 0.2) is 11.1 Å². The molecule has 3 nitrogen and oxygen atoms in total. The van der Waals surface area contributed by atoms with Gasteiger partial charge in [0.25, 0.3) is 0 Å². The maximum atomic E-state index is 12.0. The third-order valence-corrected chi connectivity index (χ3v) is 3.13. The summed E-state index contributed by atoms with van der Waals surface area (Å²) in [6.45, 7) is 8.83. The van der Waals surface area contributed by atoms with E-state index in [9.17, 15) is 4.79 Å². The summed E-state index contributed by atoms with van der Waals surface area (Å²) in [6.07, 6.45) is 2.19. The second-order valence-electron chi connectivity index (χ2n) is 5.99. The van der Waals surface area contributed by atoms with Gasteiger partial charge >= 0.3 is 5.97 Å². The highest BCUT2D eigenvalue weighted by molar-refractivity contribution is 5.81.